The third-order valence-electron chi connectivity index (χ3n) is 5.65. The number of anilines is 2. The largest absolute Gasteiger partial charge is 0.497 e. The van der Waals surface area contributed by atoms with Crippen LogP contribution in [0.4, 0.5) is 11.4 Å². The Morgan fingerprint density at radius 3 is 2.59 bits per heavy atom. The summed E-state index contributed by atoms with van der Waals surface area (Å²) >= 11 is 5.93. The summed E-state index contributed by atoms with van der Waals surface area (Å²) in [5, 5.41) is 6.28. The van der Waals surface area contributed by atoms with E-state index >= 15 is 0 Å². The molecule has 1 aliphatic rings. The maximum Gasteiger partial charge on any atom is 0.253 e. The molecule has 0 saturated carbocycles. The maximum absolute atomic E-state index is 13.0. The average Bonchev–Trinajstić information content (AvgIpc) is 3.25. The number of benzene rings is 3. The number of nitrogens with zero attached hydrogens (tertiary/aromatic N) is 1. The first-order valence-corrected chi connectivity index (χ1v) is 11.2. The summed E-state index contributed by atoms with van der Waals surface area (Å²) in [6.45, 7) is 0.571. The molecular formula is C26H24ClN3O4. The quantitative estimate of drug-likeness (QED) is 0.532. The molecule has 8 heteroatoms. The lowest BCUT2D eigenvalue weighted by molar-refractivity contribution is -0.122. The summed E-state index contributed by atoms with van der Waals surface area (Å²) in [4.78, 5) is 39.9. The van der Waals surface area contributed by atoms with Crippen molar-refractivity contribution in [1.29, 1.82) is 0 Å². The predicted molar refractivity (Wildman–Crippen MR) is 131 cm³/mol. The van der Waals surface area contributed by atoms with Gasteiger partial charge in [-0.05, 0) is 54.1 Å². The van der Waals surface area contributed by atoms with E-state index in [0.717, 1.165) is 5.56 Å². The zero-order valence-corrected chi connectivity index (χ0v) is 19.3. The average molecular weight is 478 g/mol. The molecule has 0 aliphatic carbocycles. The number of nitrogens with one attached hydrogen (secondary N) is 2. The van der Waals surface area contributed by atoms with Gasteiger partial charge in [-0.25, -0.2) is 0 Å². The van der Waals surface area contributed by atoms with Crippen molar-refractivity contribution in [2.24, 2.45) is 5.92 Å². The highest BCUT2D eigenvalue weighted by atomic mass is 35.5. The van der Waals surface area contributed by atoms with Gasteiger partial charge in [0.15, 0.2) is 0 Å². The van der Waals surface area contributed by atoms with E-state index in [-0.39, 0.29) is 30.7 Å². The number of amides is 3. The maximum atomic E-state index is 13.0. The van der Waals surface area contributed by atoms with Crippen LogP contribution in [0.5, 0.6) is 5.75 Å². The first-order valence-electron chi connectivity index (χ1n) is 10.8. The van der Waals surface area contributed by atoms with Crippen molar-refractivity contribution in [3.63, 3.8) is 0 Å². The molecule has 1 aliphatic heterocycles. The monoisotopic (exact) mass is 477 g/mol. The minimum atomic E-state index is -0.531. The zero-order valence-electron chi connectivity index (χ0n) is 18.6. The second-order valence-corrected chi connectivity index (χ2v) is 8.39. The third kappa shape index (κ3) is 5.38. The van der Waals surface area contributed by atoms with E-state index in [0.29, 0.717) is 34.3 Å². The lowest BCUT2D eigenvalue weighted by Crippen LogP contribution is -2.29. The van der Waals surface area contributed by atoms with Gasteiger partial charge in [0.1, 0.15) is 5.75 Å². The summed E-state index contributed by atoms with van der Waals surface area (Å²) in [7, 11) is 1.59. The Balaban J connectivity index is 1.41. The lowest BCUT2D eigenvalue weighted by atomic mass is 10.1. The van der Waals surface area contributed by atoms with Crippen LogP contribution >= 0.6 is 11.6 Å². The van der Waals surface area contributed by atoms with E-state index in [1.807, 2.05) is 24.3 Å². The fourth-order valence-electron chi connectivity index (χ4n) is 3.84. The Bertz CT molecular complexity index is 1210. The van der Waals surface area contributed by atoms with Crippen LogP contribution in [0.15, 0.2) is 72.8 Å². The van der Waals surface area contributed by atoms with Gasteiger partial charge in [-0.1, -0.05) is 35.9 Å². The van der Waals surface area contributed by atoms with Crippen molar-refractivity contribution in [1.82, 2.24) is 5.32 Å². The molecule has 174 valence electrons. The summed E-state index contributed by atoms with van der Waals surface area (Å²) in [5.74, 6) is -0.581. The van der Waals surface area contributed by atoms with Gasteiger partial charge in [0.05, 0.1) is 24.3 Å². The van der Waals surface area contributed by atoms with Gasteiger partial charge in [0.25, 0.3) is 5.91 Å². The van der Waals surface area contributed by atoms with E-state index < -0.39 is 5.92 Å². The van der Waals surface area contributed by atoms with Gasteiger partial charge >= 0.3 is 0 Å². The normalized spacial score (nSPS) is 15.2. The molecule has 2 N–H and O–H groups in total. The van der Waals surface area contributed by atoms with E-state index in [2.05, 4.69) is 10.6 Å². The van der Waals surface area contributed by atoms with Gasteiger partial charge in [-0.15, -0.1) is 0 Å². The SMILES string of the molecule is COc1cccc(CNC(=O)c2ccccc2NC(=O)[C@H]2CC(=O)N(c3ccc(Cl)cc3)C2)c1. The minimum absolute atomic E-state index is 0.0959. The molecule has 34 heavy (non-hydrogen) atoms. The first kappa shape index (κ1) is 23.3. The van der Waals surface area contributed by atoms with Crippen molar-refractivity contribution in [2.75, 3.05) is 23.9 Å². The van der Waals surface area contributed by atoms with Crippen molar-refractivity contribution < 1.29 is 19.1 Å². The van der Waals surface area contributed by atoms with Crippen molar-refractivity contribution in [3.05, 3.63) is 88.9 Å². The number of hydrogen-bond acceptors (Lipinski definition) is 4. The Labute approximate surface area is 202 Å². The summed E-state index contributed by atoms with van der Waals surface area (Å²) in [6, 6.07) is 21.1. The zero-order chi connectivity index (χ0) is 24.1. The first-order chi connectivity index (χ1) is 16.4. The molecule has 1 heterocycles. The summed E-state index contributed by atoms with van der Waals surface area (Å²) in [5.41, 5.74) is 2.33. The van der Waals surface area contributed by atoms with Gasteiger partial charge in [-0.2, -0.15) is 0 Å². The Hall–Kier alpha value is -3.84. The molecule has 3 aromatic rings. The molecule has 1 fully saturated rings. The van der Waals surface area contributed by atoms with Crippen molar-refractivity contribution in [3.8, 4) is 5.75 Å². The third-order valence-corrected chi connectivity index (χ3v) is 5.90. The highest BCUT2D eigenvalue weighted by molar-refractivity contribution is 6.30. The van der Waals surface area contributed by atoms with Gasteiger partial charge < -0.3 is 20.3 Å². The van der Waals surface area contributed by atoms with Crippen LogP contribution < -0.4 is 20.3 Å². The predicted octanol–water partition coefficient (Wildman–Crippen LogP) is 4.27. The van der Waals surface area contributed by atoms with Crippen molar-refractivity contribution in [2.45, 2.75) is 13.0 Å². The fourth-order valence-corrected chi connectivity index (χ4v) is 3.96. The van der Waals surface area contributed by atoms with Crippen LogP contribution in [0.25, 0.3) is 0 Å². The van der Waals surface area contributed by atoms with E-state index in [9.17, 15) is 14.4 Å². The molecule has 0 spiro atoms. The second-order valence-electron chi connectivity index (χ2n) is 7.95. The van der Waals surface area contributed by atoms with Gasteiger partial charge in [0.2, 0.25) is 11.8 Å². The summed E-state index contributed by atoms with van der Waals surface area (Å²) in [6.07, 6.45) is 0.0959. The molecule has 0 aromatic heterocycles. The molecule has 1 atom stereocenters. The molecule has 4 rings (SSSR count). The van der Waals surface area contributed by atoms with Gasteiger partial charge in [0, 0.05) is 30.2 Å². The van der Waals surface area contributed by atoms with Crippen LogP contribution in [0.3, 0.4) is 0 Å². The molecule has 0 bridgehead atoms. The number of carbonyl (C=O) groups is 3. The van der Waals surface area contributed by atoms with Gasteiger partial charge in [-0.3, -0.25) is 14.4 Å². The molecule has 1 saturated heterocycles. The minimum Gasteiger partial charge on any atom is -0.497 e. The number of methoxy groups -OCH3 is 1. The van der Waals surface area contributed by atoms with E-state index in [4.69, 9.17) is 16.3 Å². The molecule has 3 aromatic carbocycles. The molecule has 0 radical (unpaired) electrons. The fraction of sp³-hybridized carbons (Fsp3) is 0.192. The topological polar surface area (TPSA) is 87.7 Å². The number of rotatable bonds is 7. The highest BCUT2D eigenvalue weighted by Gasteiger charge is 2.35. The lowest BCUT2D eigenvalue weighted by Gasteiger charge is -2.17. The smallest absolute Gasteiger partial charge is 0.253 e. The highest BCUT2D eigenvalue weighted by Crippen LogP contribution is 2.27. The number of halogens is 1. The molecular weight excluding hydrogens is 454 g/mol. The number of ether oxygens (including phenoxy) is 1. The van der Waals surface area contributed by atoms with Crippen LogP contribution in [0.1, 0.15) is 22.3 Å². The Morgan fingerprint density at radius 2 is 1.82 bits per heavy atom. The summed E-state index contributed by atoms with van der Waals surface area (Å²) < 4.78 is 5.21. The standard InChI is InChI=1S/C26H24ClN3O4/c1-34-21-6-4-5-17(13-21)15-28-26(33)22-7-2-3-8-23(22)29-25(32)18-14-24(31)30(16-18)20-11-9-19(27)10-12-20/h2-13,18H,14-16H2,1H3,(H,28,33)(H,29,32)/t18-/m0/s1. The van der Waals surface area contributed by atoms with Crippen molar-refractivity contribution >= 4 is 40.7 Å². The van der Waals surface area contributed by atoms with Crippen LogP contribution in [0, 0.1) is 5.92 Å². The molecule has 7 nitrogen and oxygen atoms in total. The number of hydrogen-bond donors (Lipinski definition) is 2. The van der Waals surface area contributed by atoms with Crippen LogP contribution in [-0.2, 0) is 16.1 Å². The van der Waals surface area contributed by atoms with E-state index in [1.54, 1.807) is 60.5 Å². The van der Waals surface area contributed by atoms with Crippen LogP contribution in [-0.4, -0.2) is 31.4 Å². The molecule has 0 unspecified atom stereocenters. The Morgan fingerprint density at radius 1 is 1.06 bits per heavy atom. The van der Waals surface area contributed by atoms with Crippen LogP contribution in [0.2, 0.25) is 5.02 Å². The number of para-hydroxylation sites is 1. The molecule has 3 amide bonds. The number of carbonyl (C=O) groups excluding carboxylic acids is 3. The van der Waals surface area contributed by atoms with E-state index in [1.165, 1.54) is 0 Å². The second kappa shape index (κ2) is 10.4. The Kier molecular flexibility index (Phi) is 7.13.